The van der Waals surface area contributed by atoms with Gasteiger partial charge in [0, 0.05) is 16.6 Å². The molecule has 0 amide bonds. The molecular formula is C12H15Cl2NO2. The number of methoxy groups -OCH3 is 1. The highest BCUT2D eigenvalue weighted by molar-refractivity contribution is 6.38. The number of carbonyl (C=O) groups is 1. The van der Waals surface area contributed by atoms with Gasteiger partial charge in [0.15, 0.2) is 0 Å². The van der Waals surface area contributed by atoms with Gasteiger partial charge in [-0.15, -0.1) is 0 Å². The molecule has 1 N–H and O–H groups in total. The highest BCUT2D eigenvalue weighted by atomic mass is 35.5. The Hall–Kier alpha value is -0.930. The second-order valence-corrected chi connectivity index (χ2v) is 4.72. The number of ether oxygens (including phenoxy) is 1. The molecule has 1 aromatic carbocycles. The van der Waals surface area contributed by atoms with Crippen LogP contribution in [0.4, 0.5) is 5.69 Å². The number of carbonyl (C=O) groups excluding carboxylic acids is 1. The molecule has 0 atom stereocenters. The Morgan fingerprint density at radius 2 is 2.06 bits per heavy atom. The van der Waals surface area contributed by atoms with Crippen molar-refractivity contribution in [2.75, 3.05) is 12.4 Å². The summed E-state index contributed by atoms with van der Waals surface area (Å²) in [6.45, 7) is 4.01. The highest BCUT2D eigenvalue weighted by Gasteiger charge is 2.14. The third-order valence-corrected chi connectivity index (χ3v) is 2.96. The number of hydrogen-bond acceptors (Lipinski definition) is 3. The van der Waals surface area contributed by atoms with Crippen LogP contribution in [0.5, 0.6) is 0 Å². The van der Waals surface area contributed by atoms with Crippen molar-refractivity contribution in [3.63, 3.8) is 0 Å². The van der Waals surface area contributed by atoms with E-state index in [2.05, 4.69) is 10.1 Å². The first kappa shape index (κ1) is 14.1. The van der Waals surface area contributed by atoms with Crippen molar-refractivity contribution < 1.29 is 9.53 Å². The molecule has 0 aromatic heterocycles. The third-order valence-electron chi connectivity index (χ3n) is 2.18. The van der Waals surface area contributed by atoms with Gasteiger partial charge in [-0.2, -0.15) is 0 Å². The Bertz CT molecular complexity index is 419. The average Bonchev–Trinajstić information content (AvgIpc) is 2.27. The summed E-state index contributed by atoms with van der Waals surface area (Å²) in [6.07, 6.45) is 0.0712. The van der Waals surface area contributed by atoms with Crippen LogP contribution in [-0.4, -0.2) is 19.1 Å². The lowest BCUT2D eigenvalue weighted by atomic mass is 10.1. The summed E-state index contributed by atoms with van der Waals surface area (Å²) in [5.74, 6) is -0.365. The molecule has 0 saturated carbocycles. The van der Waals surface area contributed by atoms with E-state index in [4.69, 9.17) is 23.2 Å². The standard InChI is InChI=1S/C12H15Cl2NO2/c1-7(2)15-10-5-4-9(13)8(12(10)14)6-11(16)17-3/h4-5,7,15H,6H2,1-3H3. The van der Waals surface area contributed by atoms with Gasteiger partial charge >= 0.3 is 5.97 Å². The second kappa shape index (κ2) is 6.12. The largest absolute Gasteiger partial charge is 0.469 e. The van der Waals surface area contributed by atoms with E-state index in [0.717, 1.165) is 5.69 Å². The van der Waals surface area contributed by atoms with E-state index in [1.807, 2.05) is 13.8 Å². The SMILES string of the molecule is COC(=O)Cc1c(Cl)ccc(NC(C)C)c1Cl. The summed E-state index contributed by atoms with van der Waals surface area (Å²) < 4.78 is 4.61. The summed E-state index contributed by atoms with van der Waals surface area (Å²) in [5, 5.41) is 4.13. The average molecular weight is 276 g/mol. The molecule has 17 heavy (non-hydrogen) atoms. The maximum absolute atomic E-state index is 11.3. The Labute approximate surface area is 111 Å². The van der Waals surface area contributed by atoms with Crippen molar-refractivity contribution in [2.24, 2.45) is 0 Å². The fourth-order valence-corrected chi connectivity index (χ4v) is 1.96. The fourth-order valence-electron chi connectivity index (χ4n) is 1.40. The van der Waals surface area contributed by atoms with Gasteiger partial charge in [0.05, 0.1) is 24.2 Å². The number of rotatable bonds is 4. The molecule has 0 spiro atoms. The molecule has 3 nitrogen and oxygen atoms in total. The zero-order valence-electron chi connectivity index (χ0n) is 10.0. The number of nitrogens with one attached hydrogen (secondary N) is 1. The first-order chi connectivity index (χ1) is 7.95. The molecule has 0 aliphatic carbocycles. The minimum Gasteiger partial charge on any atom is -0.469 e. The van der Waals surface area contributed by atoms with Crippen LogP contribution < -0.4 is 5.32 Å². The highest BCUT2D eigenvalue weighted by Crippen LogP contribution is 2.32. The first-order valence-corrected chi connectivity index (χ1v) is 6.01. The smallest absolute Gasteiger partial charge is 0.310 e. The molecule has 0 heterocycles. The lowest BCUT2D eigenvalue weighted by Gasteiger charge is -2.15. The topological polar surface area (TPSA) is 38.3 Å². The van der Waals surface area contributed by atoms with Gasteiger partial charge in [-0.1, -0.05) is 23.2 Å². The number of benzene rings is 1. The molecule has 0 saturated heterocycles. The van der Waals surface area contributed by atoms with E-state index in [0.29, 0.717) is 15.6 Å². The number of halogens is 2. The maximum atomic E-state index is 11.3. The van der Waals surface area contributed by atoms with E-state index in [-0.39, 0.29) is 18.4 Å². The lowest BCUT2D eigenvalue weighted by Crippen LogP contribution is -2.12. The minimum atomic E-state index is -0.365. The van der Waals surface area contributed by atoms with Gasteiger partial charge in [-0.25, -0.2) is 0 Å². The van der Waals surface area contributed by atoms with Crippen molar-refractivity contribution in [3.8, 4) is 0 Å². The van der Waals surface area contributed by atoms with Crippen LogP contribution in [0, 0.1) is 0 Å². The van der Waals surface area contributed by atoms with Gasteiger partial charge in [-0.05, 0) is 26.0 Å². The van der Waals surface area contributed by atoms with Crippen molar-refractivity contribution in [2.45, 2.75) is 26.3 Å². The van der Waals surface area contributed by atoms with Crippen LogP contribution in [0.3, 0.4) is 0 Å². The molecule has 0 radical (unpaired) electrons. The lowest BCUT2D eigenvalue weighted by molar-refractivity contribution is -0.139. The molecule has 0 aliphatic rings. The van der Waals surface area contributed by atoms with E-state index in [1.165, 1.54) is 7.11 Å². The van der Waals surface area contributed by atoms with Gasteiger partial charge in [-0.3, -0.25) is 4.79 Å². The summed E-state index contributed by atoms with van der Waals surface area (Å²) in [6, 6.07) is 3.77. The minimum absolute atomic E-state index is 0.0712. The quantitative estimate of drug-likeness (QED) is 0.855. The van der Waals surface area contributed by atoms with Crippen molar-refractivity contribution in [1.82, 2.24) is 0 Å². The number of hydrogen-bond donors (Lipinski definition) is 1. The zero-order valence-corrected chi connectivity index (χ0v) is 11.5. The molecule has 1 rings (SSSR count). The second-order valence-electron chi connectivity index (χ2n) is 3.94. The van der Waals surface area contributed by atoms with Gasteiger partial charge in [0.2, 0.25) is 0 Å². The molecule has 0 unspecified atom stereocenters. The van der Waals surface area contributed by atoms with Crippen LogP contribution in [0.1, 0.15) is 19.4 Å². The normalized spacial score (nSPS) is 10.5. The Balaban J connectivity index is 3.06. The molecular weight excluding hydrogens is 261 g/mol. The zero-order chi connectivity index (χ0) is 13.0. The maximum Gasteiger partial charge on any atom is 0.310 e. The van der Waals surface area contributed by atoms with Gasteiger partial charge in [0.25, 0.3) is 0 Å². The molecule has 1 aromatic rings. The van der Waals surface area contributed by atoms with Crippen LogP contribution in [-0.2, 0) is 16.0 Å². The molecule has 94 valence electrons. The van der Waals surface area contributed by atoms with E-state index in [1.54, 1.807) is 12.1 Å². The van der Waals surface area contributed by atoms with Crippen molar-refractivity contribution >= 4 is 34.9 Å². The first-order valence-electron chi connectivity index (χ1n) is 5.26. The molecule has 0 aliphatic heterocycles. The number of anilines is 1. The van der Waals surface area contributed by atoms with Gasteiger partial charge < -0.3 is 10.1 Å². The van der Waals surface area contributed by atoms with Crippen LogP contribution in [0.15, 0.2) is 12.1 Å². The van der Waals surface area contributed by atoms with Crippen LogP contribution in [0.2, 0.25) is 10.0 Å². The van der Waals surface area contributed by atoms with Crippen LogP contribution >= 0.6 is 23.2 Å². The summed E-state index contributed by atoms with van der Waals surface area (Å²) in [4.78, 5) is 11.3. The Morgan fingerprint density at radius 1 is 1.41 bits per heavy atom. The third kappa shape index (κ3) is 3.79. The van der Waals surface area contributed by atoms with Gasteiger partial charge in [0.1, 0.15) is 0 Å². The molecule has 0 bridgehead atoms. The summed E-state index contributed by atoms with van der Waals surface area (Å²) in [5.41, 5.74) is 1.36. The monoisotopic (exact) mass is 275 g/mol. The predicted molar refractivity (Wildman–Crippen MR) is 70.9 cm³/mol. The Kier molecular flexibility index (Phi) is 5.09. The van der Waals surface area contributed by atoms with E-state index in [9.17, 15) is 4.79 Å². The van der Waals surface area contributed by atoms with E-state index >= 15 is 0 Å². The van der Waals surface area contributed by atoms with Crippen molar-refractivity contribution in [1.29, 1.82) is 0 Å². The predicted octanol–water partition coefficient (Wildman–Crippen LogP) is 3.53. The van der Waals surface area contributed by atoms with Crippen molar-refractivity contribution in [3.05, 3.63) is 27.7 Å². The molecule has 5 heteroatoms. The summed E-state index contributed by atoms with van der Waals surface area (Å²) >= 11 is 12.2. The van der Waals surface area contributed by atoms with Crippen LogP contribution in [0.25, 0.3) is 0 Å². The summed E-state index contributed by atoms with van der Waals surface area (Å²) in [7, 11) is 1.33. The van der Waals surface area contributed by atoms with E-state index < -0.39 is 0 Å². The molecule has 0 fully saturated rings. The Morgan fingerprint density at radius 3 is 2.59 bits per heavy atom. The number of esters is 1. The fraction of sp³-hybridized carbons (Fsp3) is 0.417.